The molecule has 0 fully saturated rings. The number of carbonyl (C=O) groups is 2. The highest BCUT2D eigenvalue weighted by molar-refractivity contribution is 8.15. The van der Waals surface area contributed by atoms with Crippen LogP contribution in [0.25, 0.3) is 0 Å². The van der Waals surface area contributed by atoms with E-state index in [0.717, 1.165) is 22.3 Å². The fourth-order valence-electron chi connectivity index (χ4n) is 2.35. The fourth-order valence-corrected chi connectivity index (χ4v) is 5.58. The van der Waals surface area contributed by atoms with Crippen molar-refractivity contribution in [2.45, 2.75) is 37.5 Å². The molecule has 130 valence electrons. The first-order valence-electron chi connectivity index (χ1n) is 7.19. The summed E-state index contributed by atoms with van der Waals surface area (Å²) in [6.45, 7) is 6.11. The number of hydrogen-bond donors (Lipinski definition) is 1. The number of nitrogens with one attached hydrogen (secondary N) is 1. The predicted octanol–water partition coefficient (Wildman–Crippen LogP) is 1.49. The first-order chi connectivity index (χ1) is 11.0. The Bertz CT molecular complexity index is 803. The monoisotopic (exact) mass is 369 g/mol. The van der Waals surface area contributed by atoms with Gasteiger partial charge in [0.1, 0.15) is 4.87 Å². The van der Waals surface area contributed by atoms with Gasteiger partial charge in [0, 0.05) is 13.8 Å². The smallest absolute Gasteiger partial charge is 0.240 e. The molecule has 0 saturated heterocycles. The number of hydrazone groups is 1. The molecule has 1 heterocycles. The molecule has 1 aliphatic rings. The lowest BCUT2D eigenvalue weighted by molar-refractivity contribution is -0.131. The van der Waals surface area contributed by atoms with Gasteiger partial charge in [-0.25, -0.2) is 13.4 Å². The van der Waals surface area contributed by atoms with Crippen LogP contribution < -0.4 is 5.32 Å². The molecule has 1 aliphatic heterocycles. The van der Waals surface area contributed by atoms with Crippen molar-refractivity contribution in [3.63, 3.8) is 0 Å². The summed E-state index contributed by atoms with van der Waals surface area (Å²) < 4.78 is 25.4. The summed E-state index contributed by atoms with van der Waals surface area (Å²) in [5.41, 5.74) is 0.956. The van der Waals surface area contributed by atoms with Crippen molar-refractivity contribution in [2.75, 3.05) is 5.75 Å². The fraction of sp³-hybridized carbons (Fsp3) is 0.400. The number of benzene rings is 1. The lowest BCUT2D eigenvalue weighted by atomic mass is 10.2. The maximum absolute atomic E-state index is 12.7. The van der Waals surface area contributed by atoms with E-state index in [0.29, 0.717) is 0 Å². The van der Waals surface area contributed by atoms with E-state index in [1.165, 1.54) is 13.8 Å². The molecule has 0 saturated carbocycles. The van der Waals surface area contributed by atoms with Gasteiger partial charge in [0.25, 0.3) is 0 Å². The van der Waals surface area contributed by atoms with Crippen LogP contribution in [-0.2, 0) is 19.4 Å². The van der Waals surface area contributed by atoms with Crippen molar-refractivity contribution in [1.29, 1.82) is 0 Å². The van der Waals surface area contributed by atoms with Crippen molar-refractivity contribution >= 4 is 38.6 Å². The van der Waals surface area contributed by atoms with Gasteiger partial charge in [0.05, 0.1) is 10.6 Å². The molecule has 7 nitrogen and oxygen atoms in total. The maximum atomic E-state index is 12.7. The highest BCUT2D eigenvalue weighted by atomic mass is 32.2. The Hall–Kier alpha value is -1.87. The molecule has 9 heteroatoms. The Morgan fingerprint density at radius 3 is 2.33 bits per heavy atom. The van der Waals surface area contributed by atoms with Crippen molar-refractivity contribution in [3.05, 3.63) is 29.8 Å². The third-order valence-corrected chi connectivity index (χ3v) is 6.62. The molecule has 2 amide bonds. The van der Waals surface area contributed by atoms with E-state index in [9.17, 15) is 18.0 Å². The van der Waals surface area contributed by atoms with Gasteiger partial charge in [-0.05, 0) is 26.0 Å². The van der Waals surface area contributed by atoms with E-state index in [2.05, 4.69) is 10.4 Å². The minimum absolute atomic E-state index is 0.186. The van der Waals surface area contributed by atoms with Crippen LogP contribution in [0.15, 0.2) is 34.3 Å². The zero-order valence-corrected chi connectivity index (χ0v) is 15.5. The van der Waals surface area contributed by atoms with Crippen LogP contribution in [0, 0.1) is 6.92 Å². The van der Waals surface area contributed by atoms with E-state index in [4.69, 9.17) is 0 Å². The number of rotatable bonds is 3. The second-order valence-corrected chi connectivity index (χ2v) is 9.23. The number of aryl methyl sites for hydroxylation is 1. The van der Waals surface area contributed by atoms with Gasteiger partial charge >= 0.3 is 0 Å². The minimum atomic E-state index is -3.64. The number of sulfone groups is 1. The average Bonchev–Trinajstić information content (AvgIpc) is 2.74. The van der Waals surface area contributed by atoms with Crippen molar-refractivity contribution in [1.82, 2.24) is 10.3 Å². The molecular weight excluding hydrogens is 350 g/mol. The third-order valence-electron chi connectivity index (χ3n) is 3.37. The van der Waals surface area contributed by atoms with Gasteiger partial charge in [-0.2, -0.15) is 0 Å². The molecule has 1 N–H and O–H groups in total. The van der Waals surface area contributed by atoms with Gasteiger partial charge in [0.2, 0.25) is 11.8 Å². The molecule has 0 unspecified atom stereocenters. The quantitative estimate of drug-likeness (QED) is 0.871. The average molecular weight is 369 g/mol. The summed E-state index contributed by atoms with van der Waals surface area (Å²) in [5, 5.41) is 7.85. The topological polar surface area (TPSA) is 95.9 Å². The summed E-state index contributed by atoms with van der Waals surface area (Å²) in [7, 11) is -3.64. The minimum Gasteiger partial charge on any atom is -0.304 e. The standard InChI is InChI=1S/C15H19N3O4S2/c1-10-5-7-13(8-6-10)24(21,22)9-15(4)18(12(3)20)17-14(23-15)16-11(2)19/h5-8H,9H2,1-4H3,(H,16,17,19)/t15-/m0/s1. The van der Waals surface area contributed by atoms with Gasteiger partial charge in [-0.15, -0.1) is 5.10 Å². The molecule has 0 radical (unpaired) electrons. The van der Waals surface area contributed by atoms with E-state index >= 15 is 0 Å². The summed E-state index contributed by atoms with van der Waals surface area (Å²) in [6.07, 6.45) is 0. The lowest BCUT2D eigenvalue weighted by Gasteiger charge is -2.30. The van der Waals surface area contributed by atoms with E-state index in [1.807, 2.05) is 6.92 Å². The number of hydrogen-bond acceptors (Lipinski definition) is 6. The molecule has 2 rings (SSSR count). The highest BCUT2D eigenvalue weighted by Crippen LogP contribution is 2.38. The molecule has 1 atom stereocenters. The Kier molecular flexibility index (Phi) is 5.05. The van der Waals surface area contributed by atoms with E-state index in [-0.39, 0.29) is 21.7 Å². The number of carbonyl (C=O) groups excluding carboxylic acids is 2. The second-order valence-electron chi connectivity index (χ2n) is 5.77. The van der Waals surface area contributed by atoms with Crippen LogP contribution in [0.5, 0.6) is 0 Å². The largest absolute Gasteiger partial charge is 0.304 e. The number of nitrogens with zero attached hydrogens (tertiary/aromatic N) is 2. The molecule has 1 aromatic rings. The number of amidine groups is 1. The summed E-state index contributed by atoms with van der Waals surface area (Å²) >= 11 is 1.05. The molecular formula is C15H19N3O4S2. The van der Waals surface area contributed by atoms with Gasteiger partial charge in [-0.3, -0.25) is 9.59 Å². The number of amides is 2. The predicted molar refractivity (Wildman–Crippen MR) is 93.0 cm³/mol. The van der Waals surface area contributed by atoms with Crippen LogP contribution in [-0.4, -0.2) is 41.0 Å². The van der Waals surface area contributed by atoms with Crippen LogP contribution in [0.3, 0.4) is 0 Å². The SMILES string of the molecule is CC(=O)NC1=NN(C(C)=O)[C@](C)(CS(=O)(=O)c2ccc(C)cc2)S1. The molecule has 0 aromatic heterocycles. The van der Waals surface area contributed by atoms with Crippen LogP contribution in [0.2, 0.25) is 0 Å². The second kappa shape index (κ2) is 6.56. The highest BCUT2D eigenvalue weighted by Gasteiger charge is 2.45. The van der Waals surface area contributed by atoms with E-state index in [1.54, 1.807) is 31.2 Å². The Labute approximate surface area is 145 Å². The molecule has 24 heavy (non-hydrogen) atoms. The Morgan fingerprint density at radius 1 is 1.25 bits per heavy atom. The van der Waals surface area contributed by atoms with Gasteiger partial charge in [0.15, 0.2) is 15.0 Å². The van der Waals surface area contributed by atoms with Crippen LogP contribution >= 0.6 is 11.8 Å². The van der Waals surface area contributed by atoms with Crippen molar-refractivity contribution < 1.29 is 18.0 Å². The summed E-state index contributed by atoms with van der Waals surface area (Å²) in [6, 6.07) is 6.53. The van der Waals surface area contributed by atoms with Gasteiger partial charge < -0.3 is 5.32 Å². The zero-order valence-electron chi connectivity index (χ0n) is 13.9. The van der Waals surface area contributed by atoms with Crippen molar-refractivity contribution in [2.24, 2.45) is 5.10 Å². The van der Waals surface area contributed by atoms with Crippen LogP contribution in [0.4, 0.5) is 0 Å². The first-order valence-corrected chi connectivity index (χ1v) is 9.66. The van der Waals surface area contributed by atoms with Crippen molar-refractivity contribution in [3.8, 4) is 0 Å². The van der Waals surface area contributed by atoms with Crippen LogP contribution in [0.1, 0.15) is 26.3 Å². The number of thioether (sulfide) groups is 1. The normalized spacial score (nSPS) is 20.7. The van der Waals surface area contributed by atoms with Gasteiger partial charge in [-0.1, -0.05) is 29.5 Å². The third kappa shape index (κ3) is 3.96. The summed E-state index contributed by atoms with van der Waals surface area (Å²) in [4.78, 5) is 22.1. The Morgan fingerprint density at radius 2 is 1.83 bits per heavy atom. The first kappa shape index (κ1) is 18.5. The maximum Gasteiger partial charge on any atom is 0.240 e. The van der Waals surface area contributed by atoms with E-state index < -0.39 is 20.6 Å². The molecule has 1 aromatic carbocycles. The summed E-state index contributed by atoms with van der Waals surface area (Å²) in [5.74, 6) is -1.06. The Balaban J connectivity index is 2.30. The zero-order chi connectivity index (χ0) is 18.1. The molecule has 0 bridgehead atoms. The molecule has 0 aliphatic carbocycles. The lowest BCUT2D eigenvalue weighted by Crippen LogP contribution is -2.45. The molecule has 0 spiro atoms.